The van der Waals surface area contributed by atoms with Crippen molar-refractivity contribution in [3.05, 3.63) is 33.3 Å². The second kappa shape index (κ2) is 20.0. The fourth-order valence-corrected chi connectivity index (χ4v) is 5.04. The molecule has 2 aliphatic rings. The molecule has 1 heterocycles. The third-order valence-electron chi connectivity index (χ3n) is 6.13. The van der Waals surface area contributed by atoms with Crippen molar-refractivity contribution < 1.29 is 66.3 Å². The van der Waals surface area contributed by atoms with Crippen LogP contribution in [-0.2, 0) is 53.3 Å². The van der Waals surface area contributed by atoms with Crippen molar-refractivity contribution in [2.75, 3.05) is 33.4 Å². The number of rotatable bonds is 4. The molecule has 1 saturated carbocycles. The number of ketones is 1. The van der Waals surface area contributed by atoms with Crippen LogP contribution in [0, 0.1) is 50.5 Å². The number of hydrogen-bond acceptors (Lipinski definition) is 3. The molecule has 0 aromatic heterocycles. The minimum atomic E-state index is -3.99. The fraction of sp³-hybridized carbons (Fsp3) is 0.650. The quantitative estimate of drug-likeness (QED) is 0.326. The predicted molar refractivity (Wildman–Crippen MR) is 101 cm³/mol. The second-order valence-corrected chi connectivity index (χ2v) is 7.53. The van der Waals surface area contributed by atoms with Gasteiger partial charge in [-0.3, -0.25) is 0 Å². The van der Waals surface area contributed by atoms with Crippen molar-refractivity contribution in [2.24, 2.45) is 17.3 Å². The normalized spacial score (nSPS) is 25.7. The van der Waals surface area contributed by atoms with Gasteiger partial charge in [-0.25, -0.2) is 0 Å². The molecule has 0 amide bonds. The molecule has 1 aliphatic carbocycles. The monoisotopic (exact) mass is 509 g/mol. The summed E-state index contributed by atoms with van der Waals surface area (Å²) in [6.45, 7) is 29.2. The molecule has 0 bridgehead atoms. The van der Waals surface area contributed by atoms with E-state index in [1.165, 1.54) is 0 Å². The van der Waals surface area contributed by atoms with Crippen LogP contribution < -0.4 is 0 Å². The fourth-order valence-electron chi connectivity index (χ4n) is 4.36. The number of Topliss-reactive ketones (excluding diaryl/α,β-unsaturated/α-hetero) is 1. The van der Waals surface area contributed by atoms with Crippen LogP contribution in [0.2, 0.25) is 0 Å². The molecule has 9 nitrogen and oxygen atoms in total. The molecule has 0 unspecified atom stereocenters. The number of methoxy groups -OCH3 is 1. The van der Waals surface area contributed by atoms with Gasteiger partial charge in [0.1, 0.15) is 0 Å². The molecule has 1 saturated heterocycles. The first kappa shape index (κ1) is 38.8. The van der Waals surface area contributed by atoms with Gasteiger partial charge >= 0.3 is 201 Å². The molecule has 0 aromatic carbocycles. The Kier molecular flexibility index (Phi) is 23.5. The van der Waals surface area contributed by atoms with E-state index in [4.69, 9.17) is 32.7 Å². The molecule has 33 heavy (non-hydrogen) atoms. The Morgan fingerprint density at radius 1 is 1.09 bits per heavy atom. The van der Waals surface area contributed by atoms with E-state index in [2.05, 4.69) is 49.1 Å². The van der Waals surface area contributed by atoms with Gasteiger partial charge in [-0.15, -0.1) is 0 Å². The van der Waals surface area contributed by atoms with E-state index in [0.29, 0.717) is 39.1 Å². The Labute approximate surface area is 201 Å². The average molecular weight is 509 g/mol. The summed E-state index contributed by atoms with van der Waals surface area (Å²) in [7, 11) is -2.40. The third-order valence-corrected chi connectivity index (χ3v) is 6.92. The van der Waals surface area contributed by atoms with E-state index in [0.717, 1.165) is 0 Å². The summed E-state index contributed by atoms with van der Waals surface area (Å²) >= 11 is 2.76. The number of hydrogen-bond donors (Lipinski definition) is 0. The maximum atomic E-state index is 14.7. The molecule has 2 fully saturated rings. The van der Waals surface area contributed by atoms with Gasteiger partial charge in [0.2, 0.25) is 0 Å². The van der Waals surface area contributed by atoms with Crippen LogP contribution in [0.3, 0.4) is 0 Å². The Hall–Kier alpha value is -1.42. The molecular formula is C20H26BCrF2NO8. The van der Waals surface area contributed by atoms with E-state index < -0.39 is 12.5 Å². The van der Waals surface area contributed by atoms with Gasteiger partial charge in [-0.1, -0.05) is 0 Å². The molecule has 182 valence electrons. The average Bonchev–Trinajstić information content (AvgIpc) is 2.87. The van der Waals surface area contributed by atoms with Gasteiger partial charge in [-0.05, 0) is 0 Å². The second-order valence-electron chi connectivity index (χ2n) is 6.95. The Bertz CT molecular complexity index is 672. The zero-order valence-electron chi connectivity index (χ0n) is 18.9. The van der Waals surface area contributed by atoms with Gasteiger partial charge < -0.3 is 0 Å². The van der Waals surface area contributed by atoms with Crippen LogP contribution >= 0.6 is 0 Å². The summed E-state index contributed by atoms with van der Waals surface area (Å²) in [5.41, 5.74) is -0.571. The number of ether oxygens (including phenoxy) is 1. The SMILES string of the molecule is CC[N+]1(CC)C[C@@]2(CCC(=O)[C@@H](C)[C@@H]2COC)[C](=[Cr])O[B-]1(F)F.[C-]#[O+].[C-]#[O+].[C-]#[O+].[C-]#[O+].[C-]#[O+]. The Morgan fingerprint density at radius 2 is 1.52 bits per heavy atom. The van der Waals surface area contributed by atoms with Gasteiger partial charge in [0.25, 0.3) is 0 Å². The number of nitrogens with zero attached hydrogens (tertiary/aromatic N) is 1. The van der Waals surface area contributed by atoms with Crippen LogP contribution in [0.5, 0.6) is 0 Å². The first-order valence-corrected chi connectivity index (χ1v) is 9.97. The van der Waals surface area contributed by atoms with Crippen LogP contribution in [0.15, 0.2) is 0 Å². The topological polar surface area (TPSA) is 135 Å². The maximum absolute atomic E-state index is 14.7. The molecule has 0 aromatic rings. The van der Waals surface area contributed by atoms with Crippen LogP contribution in [-0.4, -0.2) is 55.1 Å². The van der Waals surface area contributed by atoms with Crippen molar-refractivity contribution in [1.29, 1.82) is 0 Å². The van der Waals surface area contributed by atoms with Crippen LogP contribution in [0.4, 0.5) is 8.63 Å². The third kappa shape index (κ3) is 8.70. The van der Waals surface area contributed by atoms with Gasteiger partial charge in [0.05, 0.1) is 0 Å². The zero-order chi connectivity index (χ0) is 27.5. The Morgan fingerprint density at radius 3 is 1.88 bits per heavy atom. The van der Waals surface area contributed by atoms with E-state index in [1.807, 2.05) is 6.92 Å². The van der Waals surface area contributed by atoms with E-state index in [-0.39, 0.29) is 26.6 Å². The van der Waals surface area contributed by atoms with Crippen molar-refractivity contribution in [1.82, 2.24) is 0 Å². The molecule has 3 atom stereocenters. The summed E-state index contributed by atoms with van der Waals surface area (Å²) in [6, 6.07) is 0. The molecule has 0 radical (unpaired) electrons. The van der Waals surface area contributed by atoms with Crippen LogP contribution in [0.25, 0.3) is 0 Å². The van der Waals surface area contributed by atoms with Gasteiger partial charge in [-0.2, -0.15) is 0 Å². The minimum absolute atomic E-state index is 0.146. The summed E-state index contributed by atoms with van der Waals surface area (Å²) in [5.74, 6) is -0.183. The molecule has 1 aliphatic heterocycles. The summed E-state index contributed by atoms with van der Waals surface area (Å²) in [6.07, 6.45) is 0.945. The predicted octanol–water partition coefficient (Wildman–Crippen LogP) is 1.98. The molecule has 13 heteroatoms. The van der Waals surface area contributed by atoms with Crippen LogP contribution in [0.1, 0.15) is 33.6 Å². The Balaban J connectivity index is -0.000000371. The zero-order valence-corrected chi connectivity index (χ0v) is 20.1. The van der Waals surface area contributed by atoms with Crippen molar-refractivity contribution >= 4 is 17.4 Å². The summed E-state index contributed by atoms with van der Waals surface area (Å²) < 4.78 is 77.3. The van der Waals surface area contributed by atoms with Crippen molar-refractivity contribution in [3.63, 3.8) is 0 Å². The number of carbonyl (C=O) groups excluding carboxylic acids is 1. The standard InChI is InChI=1S/C15H26BF2NO3.5CO.Cr/c1-5-19(6-2)10-15(11-22-16(19,17)18)8-7-14(20)12(3)13(15)9-21-4;5*1-2;/h12-13H,5-10H2,1-4H3;;;;;;/t12-,13-,15-;;;;;;/m0....../s1. The van der Waals surface area contributed by atoms with E-state index in [1.54, 1.807) is 21.0 Å². The van der Waals surface area contributed by atoms with E-state index in [9.17, 15) is 13.4 Å². The molecule has 0 N–H and O–H groups in total. The van der Waals surface area contributed by atoms with Gasteiger partial charge in [0.15, 0.2) is 0 Å². The number of carbonyl (C=O) groups is 1. The van der Waals surface area contributed by atoms with E-state index >= 15 is 0 Å². The summed E-state index contributed by atoms with van der Waals surface area (Å²) in [5, 5.41) is 0. The van der Waals surface area contributed by atoms with Gasteiger partial charge in [0, 0.05) is 0 Å². The molecular weight excluding hydrogens is 483 g/mol. The van der Waals surface area contributed by atoms with Crippen molar-refractivity contribution in [3.8, 4) is 0 Å². The summed E-state index contributed by atoms with van der Waals surface area (Å²) in [4.78, 5) is 12.2. The number of halogens is 2. The van der Waals surface area contributed by atoms with Crippen molar-refractivity contribution in [2.45, 2.75) is 33.6 Å². The number of quaternary nitrogens is 1. The first-order valence-electron chi connectivity index (χ1n) is 9.33. The molecule has 1 spiro atoms. The molecule has 2 rings (SSSR count). The first-order chi connectivity index (χ1) is 15.7.